The van der Waals surface area contributed by atoms with Gasteiger partial charge < -0.3 is 74.7 Å². The van der Waals surface area contributed by atoms with Crippen LogP contribution < -0.4 is 0 Å². The minimum absolute atomic E-state index is 0.175. The predicted octanol–water partition coefficient (Wildman–Crippen LogP) is -2.93. The summed E-state index contributed by atoms with van der Waals surface area (Å²) >= 11 is 7.39. The van der Waals surface area contributed by atoms with Crippen LogP contribution >= 0.6 is 59.9 Å². The van der Waals surface area contributed by atoms with E-state index in [-0.39, 0.29) is 31.3 Å². The predicted molar refractivity (Wildman–Crippen MR) is 171 cm³/mol. The van der Waals surface area contributed by atoms with Crippen LogP contribution in [0.2, 0.25) is 0 Å². The maximum absolute atomic E-state index is 11.5. The van der Waals surface area contributed by atoms with Gasteiger partial charge in [0.25, 0.3) is 0 Å². The number of carboxylic acid groups (broad SMARTS) is 1. The zero-order chi connectivity index (χ0) is 33.3. The number of ether oxygens (including phenoxy) is 5. The molecule has 15 atom stereocenters. The molecule has 44 heavy (non-hydrogen) atoms. The van der Waals surface area contributed by atoms with Gasteiger partial charge in [-0.2, -0.15) is 0 Å². The first-order valence-electron chi connectivity index (χ1n) is 13.7. The molecule has 0 aromatic heterocycles. The van der Waals surface area contributed by atoms with Gasteiger partial charge in [-0.1, -0.05) is 0 Å². The summed E-state index contributed by atoms with van der Waals surface area (Å²) in [6.07, 6.45) is -15.2. The van der Waals surface area contributed by atoms with E-state index in [0.717, 1.165) is 0 Å². The molecule has 0 spiro atoms. The number of aliphatic hydroxyl groups excluding tert-OH is 9. The van der Waals surface area contributed by atoms with Crippen molar-refractivity contribution in [2.45, 2.75) is 80.2 Å². The van der Waals surface area contributed by atoms with E-state index in [0.29, 0.717) is 0 Å². The maximum atomic E-state index is 11.5. The van der Waals surface area contributed by atoms with E-state index >= 15 is 0 Å². The molecular formula is C24H42I3O16V. The van der Waals surface area contributed by atoms with Crippen molar-refractivity contribution in [2.24, 2.45) is 17.8 Å². The van der Waals surface area contributed by atoms with Crippen molar-refractivity contribution in [3.8, 4) is 0 Å². The van der Waals surface area contributed by atoms with Crippen molar-refractivity contribution in [1.82, 2.24) is 0 Å². The summed E-state index contributed by atoms with van der Waals surface area (Å²) in [6, 6.07) is 0. The molecule has 3 aliphatic rings. The number of rotatable bonds is 12. The molecule has 0 aromatic carbocycles. The van der Waals surface area contributed by atoms with Gasteiger partial charge in [0, 0.05) is 17.8 Å². The summed E-state index contributed by atoms with van der Waals surface area (Å²) in [4.78, 5) is 11.2. The molecule has 0 bridgehead atoms. The fourth-order valence-electron chi connectivity index (χ4n) is 5.51. The molecule has 0 saturated carbocycles. The van der Waals surface area contributed by atoms with Gasteiger partial charge in [0.05, 0.1) is 70.7 Å². The third-order valence-electron chi connectivity index (χ3n) is 8.03. The molecule has 10 N–H and O–H groups in total. The summed E-state index contributed by atoms with van der Waals surface area (Å²) in [7, 11) is 0. The second-order valence-electron chi connectivity index (χ2n) is 10.8. The summed E-state index contributed by atoms with van der Waals surface area (Å²) in [5.74, 6) is -4.21. The number of hydrogen-bond acceptors (Lipinski definition) is 15. The second kappa shape index (κ2) is 20.4. The van der Waals surface area contributed by atoms with Crippen LogP contribution in [0.15, 0.2) is 0 Å². The third-order valence-corrected chi connectivity index (χ3v) is 8.03. The zero-order valence-electron chi connectivity index (χ0n) is 23.6. The Bertz CT molecular complexity index is 851. The molecule has 260 valence electrons. The standard InChI is InChI=1S/C24H42O16.3HI.V/c1-9-17(28)22(33)21(32)15(38-9)7-37-6-12-11(13(3-26)39-14(4-27)18(12)29)5-36-8-16-20(31)19(30)10(2-25)23(40-16)24(34)35;;;;/h9-23,25-33H,2-8H2,1H3,(H,34,35);3*1H;/q;;;;+3/p-3/t9?,10-,11?,12?,13+,14?,15-,16-,17+,18-,19?,20?,21?,22?,23?;;;;/m0..../s1. The quantitative estimate of drug-likeness (QED) is 0.0878. The average Bonchev–Trinajstić information content (AvgIpc) is 2.97. The first kappa shape index (κ1) is 41.9. The molecule has 0 aliphatic carbocycles. The van der Waals surface area contributed by atoms with Gasteiger partial charge >= 0.3 is 70.8 Å². The fraction of sp³-hybridized carbons (Fsp3) is 0.958. The van der Waals surface area contributed by atoms with Crippen LogP contribution in [0.3, 0.4) is 0 Å². The number of aliphatic hydroxyl groups is 9. The van der Waals surface area contributed by atoms with Gasteiger partial charge in [-0.3, -0.25) is 0 Å². The van der Waals surface area contributed by atoms with E-state index in [9.17, 15) is 55.9 Å². The third kappa shape index (κ3) is 11.4. The van der Waals surface area contributed by atoms with Crippen LogP contribution in [-0.4, -0.2) is 177 Å². The first-order valence-corrected chi connectivity index (χ1v) is 27.2. The topological polar surface area (TPSA) is 266 Å². The number of hydrogen-bond donors (Lipinski definition) is 10. The van der Waals surface area contributed by atoms with Gasteiger partial charge in [-0.05, 0) is 6.92 Å². The van der Waals surface area contributed by atoms with Crippen LogP contribution in [-0.2, 0) is 33.4 Å². The average molecular weight is 1020 g/mol. The minimum atomic E-state index is -1.59. The zero-order valence-corrected chi connectivity index (χ0v) is 31.5. The van der Waals surface area contributed by atoms with Crippen molar-refractivity contribution in [3.63, 3.8) is 0 Å². The molecule has 0 amide bonds. The second-order valence-corrected chi connectivity index (χ2v) is 46.1. The number of halogens is 3. The molecule has 3 fully saturated rings. The van der Waals surface area contributed by atoms with Gasteiger partial charge in [-0.25, -0.2) is 4.79 Å². The number of aliphatic carboxylic acids is 1. The van der Waals surface area contributed by atoms with Crippen molar-refractivity contribution < 1.29 is 84.5 Å². The Morgan fingerprint density at radius 3 is 1.61 bits per heavy atom. The Morgan fingerprint density at radius 2 is 1.11 bits per heavy atom. The van der Waals surface area contributed by atoms with Crippen molar-refractivity contribution >= 4 is 65.9 Å². The van der Waals surface area contributed by atoms with E-state index < -0.39 is 117 Å². The monoisotopic (exact) mass is 1020 g/mol. The van der Waals surface area contributed by atoms with Crippen LogP contribution in [0, 0.1) is 17.8 Å². The summed E-state index contributed by atoms with van der Waals surface area (Å²) in [5.41, 5.74) is 0. The molecule has 0 aromatic rings. The first-order chi connectivity index (χ1) is 20.7. The fourth-order valence-corrected chi connectivity index (χ4v) is 5.51. The SMILES string of the molecule is CC1O[C@@H](COCC2C(COC[C@@H]3OC(C(=O)O)[C@@H](CO)C(O)C3O)[C@@H](CO)OC(CO)[C@H]2O)C(O)C(O)[C@@H]1O.[I][V]([I])[I]. The van der Waals surface area contributed by atoms with Crippen molar-refractivity contribution in [3.05, 3.63) is 0 Å². The summed E-state index contributed by atoms with van der Waals surface area (Å²) in [5, 5.41) is 100.0. The van der Waals surface area contributed by atoms with Gasteiger partial charge in [0.15, 0.2) is 6.10 Å². The van der Waals surface area contributed by atoms with Crippen molar-refractivity contribution in [1.29, 1.82) is 0 Å². The molecule has 0 radical (unpaired) electrons. The molecule has 20 heteroatoms. The molecule has 9 unspecified atom stereocenters. The van der Waals surface area contributed by atoms with Crippen LogP contribution in [0.5, 0.6) is 0 Å². The molecular weight excluding hydrogens is 976 g/mol. The Hall–Kier alpha value is 1.68. The molecule has 3 saturated heterocycles. The number of carbonyl (C=O) groups is 1. The molecule has 3 rings (SSSR count). The summed E-state index contributed by atoms with van der Waals surface area (Å²) < 4.78 is 27.8. The van der Waals surface area contributed by atoms with E-state index in [4.69, 9.17) is 23.7 Å². The van der Waals surface area contributed by atoms with E-state index in [2.05, 4.69) is 59.9 Å². The Kier molecular flexibility index (Phi) is 19.4. The van der Waals surface area contributed by atoms with Gasteiger partial charge in [0.1, 0.15) is 42.7 Å². The van der Waals surface area contributed by atoms with E-state index in [1.165, 1.54) is 6.92 Å². The van der Waals surface area contributed by atoms with Crippen LogP contribution in [0.4, 0.5) is 0 Å². The molecule has 3 heterocycles. The van der Waals surface area contributed by atoms with Crippen LogP contribution in [0.1, 0.15) is 6.92 Å². The van der Waals surface area contributed by atoms with Gasteiger partial charge in [-0.15, -0.1) is 0 Å². The van der Waals surface area contributed by atoms with Gasteiger partial charge in [0.2, 0.25) is 0 Å². The van der Waals surface area contributed by atoms with E-state index in [1.807, 2.05) is 0 Å². The number of carboxylic acids is 1. The Labute approximate surface area is 292 Å². The molecule has 3 aliphatic heterocycles. The Balaban J connectivity index is 0.00000159. The van der Waals surface area contributed by atoms with E-state index in [1.54, 1.807) is 0 Å². The molecule has 16 nitrogen and oxygen atoms in total. The normalized spacial score (nSPS) is 42.9. The van der Waals surface area contributed by atoms with Crippen molar-refractivity contribution in [2.75, 3.05) is 46.2 Å². The Morgan fingerprint density at radius 1 is 0.614 bits per heavy atom. The van der Waals surface area contributed by atoms with Crippen LogP contribution in [0.25, 0.3) is 0 Å². The summed E-state index contributed by atoms with van der Waals surface area (Å²) in [6.45, 7) is -1.27.